The van der Waals surface area contributed by atoms with Crippen LogP contribution in [-0.4, -0.2) is 28.6 Å². The van der Waals surface area contributed by atoms with Gasteiger partial charge in [0.05, 0.1) is 12.8 Å². The van der Waals surface area contributed by atoms with Crippen LogP contribution in [-0.2, 0) is 11.8 Å². The topological polar surface area (TPSA) is 65.4 Å². The third-order valence-electron chi connectivity index (χ3n) is 2.61. The quantitative estimate of drug-likeness (QED) is 0.916. The zero-order valence-corrected chi connectivity index (χ0v) is 12.4. The molecule has 6 nitrogen and oxygen atoms in total. The van der Waals surface area contributed by atoms with Crippen molar-refractivity contribution in [1.29, 1.82) is 0 Å². The first-order valence-electron chi connectivity index (χ1n) is 6.30. The van der Waals surface area contributed by atoms with E-state index < -0.39 is 11.7 Å². The molecule has 6 heteroatoms. The van der Waals surface area contributed by atoms with E-state index in [1.54, 1.807) is 23.9 Å². The van der Waals surface area contributed by atoms with Crippen molar-refractivity contribution >= 4 is 22.7 Å². The van der Waals surface area contributed by atoms with Crippen LogP contribution in [0.1, 0.15) is 20.8 Å². The Morgan fingerprint density at radius 1 is 1.35 bits per heavy atom. The van der Waals surface area contributed by atoms with Gasteiger partial charge in [-0.1, -0.05) is 0 Å². The second-order valence-electron chi connectivity index (χ2n) is 5.51. The fraction of sp³-hybridized carbons (Fsp3) is 0.429. The minimum absolute atomic E-state index is 0.493. The molecular formula is C14H19N3O3. The number of carbonyl (C=O) groups excluding carboxylic acids is 1. The monoisotopic (exact) mass is 277 g/mol. The number of nitrogens with one attached hydrogen (secondary N) is 1. The van der Waals surface area contributed by atoms with Crippen molar-refractivity contribution < 1.29 is 14.3 Å². The number of aryl methyl sites for hydroxylation is 1. The summed E-state index contributed by atoms with van der Waals surface area (Å²) in [5.74, 6) is 0.662. The highest BCUT2D eigenvalue weighted by atomic mass is 16.6. The molecule has 0 radical (unpaired) electrons. The lowest BCUT2D eigenvalue weighted by Crippen LogP contribution is -2.27. The minimum Gasteiger partial charge on any atom is -0.494 e. The molecule has 0 bridgehead atoms. The van der Waals surface area contributed by atoms with Crippen molar-refractivity contribution in [3.05, 3.63) is 18.3 Å². The molecule has 2 rings (SSSR count). The Balaban J connectivity index is 2.34. The summed E-state index contributed by atoms with van der Waals surface area (Å²) >= 11 is 0. The van der Waals surface area contributed by atoms with Crippen LogP contribution in [0.25, 0.3) is 10.9 Å². The van der Waals surface area contributed by atoms with E-state index in [1.807, 2.05) is 34.0 Å². The van der Waals surface area contributed by atoms with Crippen molar-refractivity contribution in [2.45, 2.75) is 26.4 Å². The van der Waals surface area contributed by atoms with E-state index in [-0.39, 0.29) is 0 Å². The van der Waals surface area contributed by atoms with Gasteiger partial charge in [0.1, 0.15) is 16.9 Å². The second-order valence-corrected chi connectivity index (χ2v) is 5.51. The summed E-state index contributed by atoms with van der Waals surface area (Å²) in [4.78, 5) is 11.8. The molecule has 0 fully saturated rings. The summed E-state index contributed by atoms with van der Waals surface area (Å²) in [5, 5.41) is 7.87. The number of anilines is 1. The first-order valence-corrected chi connectivity index (χ1v) is 6.30. The predicted molar refractivity (Wildman–Crippen MR) is 77.1 cm³/mol. The van der Waals surface area contributed by atoms with Gasteiger partial charge in [-0.2, -0.15) is 5.10 Å². The Bertz CT molecular complexity index is 641. The third kappa shape index (κ3) is 3.01. The lowest BCUT2D eigenvalue weighted by molar-refractivity contribution is 0.0636. The number of nitrogens with zero attached hydrogens (tertiary/aromatic N) is 2. The summed E-state index contributed by atoms with van der Waals surface area (Å²) < 4.78 is 12.2. The molecule has 2 aromatic rings. The number of methoxy groups -OCH3 is 1. The summed E-state index contributed by atoms with van der Waals surface area (Å²) in [6.45, 7) is 5.46. The van der Waals surface area contributed by atoms with Crippen molar-refractivity contribution in [2.24, 2.45) is 7.05 Å². The number of rotatable bonds is 2. The molecule has 0 saturated heterocycles. The molecule has 1 aromatic carbocycles. The van der Waals surface area contributed by atoms with Crippen LogP contribution in [0.3, 0.4) is 0 Å². The molecule has 0 saturated carbocycles. The van der Waals surface area contributed by atoms with Gasteiger partial charge < -0.3 is 9.47 Å². The standard InChI is InChI=1S/C14H19N3O3/c1-14(2,3)20-13(18)15-10-6-7-11(19-5)12-9(10)8-17(4)16-12/h6-8H,1-5H3,(H,15,18). The molecule has 1 aromatic heterocycles. The molecule has 0 atom stereocenters. The van der Waals surface area contributed by atoms with Gasteiger partial charge in [-0.15, -0.1) is 0 Å². The fourth-order valence-electron chi connectivity index (χ4n) is 1.88. The smallest absolute Gasteiger partial charge is 0.412 e. The molecule has 0 spiro atoms. The van der Waals surface area contributed by atoms with Gasteiger partial charge >= 0.3 is 6.09 Å². The highest BCUT2D eigenvalue weighted by Crippen LogP contribution is 2.30. The van der Waals surface area contributed by atoms with E-state index in [4.69, 9.17) is 9.47 Å². The van der Waals surface area contributed by atoms with Gasteiger partial charge in [0, 0.05) is 18.6 Å². The number of carbonyl (C=O) groups is 1. The van der Waals surface area contributed by atoms with Crippen LogP contribution in [0.4, 0.5) is 10.5 Å². The SMILES string of the molecule is COc1ccc(NC(=O)OC(C)(C)C)c2cn(C)nc12. The molecule has 20 heavy (non-hydrogen) atoms. The number of hydrogen-bond donors (Lipinski definition) is 1. The molecule has 0 aliphatic rings. The zero-order valence-electron chi connectivity index (χ0n) is 12.4. The summed E-state index contributed by atoms with van der Waals surface area (Å²) in [6, 6.07) is 3.54. The van der Waals surface area contributed by atoms with Gasteiger partial charge in [-0.25, -0.2) is 4.79 Å². The maximum Gasteiger partial charge on any atom is 0.412 e. The zero-order chi connectivity index (χ0) is 14.9. The normalized spacial score (nSPS) is 11.4. The van der Waals surface area contributed by atoms with Crippen LogP contribution < -0.4 is 10.1 Å². The molecule has 1 amide bonds. The fourth-order valence-corrected chi connectivity index (χ4v) is 1.88. The van der Waals surface area contributed by atoms with E-state index >= 15 is 0 Å². The van der Waals surface area contributed by atoms with Gasteiger partial charge in [-0.3, -0.25) is 10.00 Å². The first kappa shape index (κ1) is 14.2. The minimum atomic E-state index is -0.537. The number of aromatic nitrogens is 2. The Morgan fingerprint density at radius 3 is 2.65 bits per heavy atom. The van der Waals surface area contributed by atoms with Crippen LogP contribution in [0.5, 0.6) is 5.75 Å². The summed E-state index contributed by atoms with van der Waals surface area (Å²) in [6.07, 6.45) is 1.33. The van der Waals surface area contributed by atoms with E-state index in [2.05, 4.69) is 10.4 Å². The Hall–Kier alpha value is -2.24. The van der Waals surface area contributed by atoms with Crippen molar-refractivity contribution in [2.75, 3.05) is 12.4 Å². The van der Waals surface area contributed by atoms with E-state index in [1.165, 1.54) is 0 Å². The lowest BCUT2D eigenvalue weighted by atomic mass is 10.2. The number of amides is 1. The van der Waals surface area contributed by atoms with Crippen LogP contribution in [0.15, 0.2) is 18.3 Å². The number of ether oxygens (including phenoxy) is 2. The Labute approximate surface area is 117 Å². The highest BCUT2D eigenvalue weighted by Gasteiger charge is 2.18. The van der Waals surface area contributed by atoms with Gasteiger partial charge in [0.15, 0.2) is 0 Å². The molecule has 108 valence electrons. The third-order valence-corrected chi connectivity index (χ3v) is 2.61. The van der Waals surface area contributed by atoms with E-state index in [0.717, 1.165) is 5.39 Å². The number of hydrogen-bond acceptors (Lipinski definition) is 4. The predicted octanol–water partition coefficient (Wildman–Crippen LogP) is 2.93. The van der Waals surface area contributed by atoms with Crippen LogP contribution in [0.2, 0.25) is 0 Å². The largest absolute Gasteiger partial charge is 0.494 e. The lowest BCUT2D eigenvalue weighted by Gasteiger charge is -2.19. The molecule has 0 aliphatic heterocycles. The van der Waals surface area contributed by atoms with Crippen LogP contribution in [0, 0.1) is 0 Å². The van der Waals surface area contributed by atoms with Crippen LogP contribution >= 0.6 is 0 Å². The van der Waals surface area contributed by atoms with Gasteiger partial charge in [-0.05, 0) is 32.9 Å². The Kier molecular flexibility index (Phi) is 3.57. The molecule has 0 unspecified atom stereocenters. The van der Waals surface area contributed by atoms with E-state index in [9.17, 15) is 4.79 Å². The molecule has 1 N–H and O–H groups in total. The second kappa shape index (κ2) is 5.03. The van der Waals surface area contributed by atoms with E-state index in [0.29, 0.717) is 17.0 Å². The van der Waals surface area contributed by atoms with Crippen molar-refractivity contribution in [3.8, 4) is 5.75 Å². The Morgan fingerprint density at radius 2 is 2.05 bits per heavy atom. The maximum absolute atomic E-state index is 11.8. The molecule has 0 aliphatic carbocycles. The molecular weight excluding hydrogens is 258 g/mol. The maximum atomic E-state index is 11.8. The highest BCUT2D eigenvalue weighted by molar-refractivity contribution is 6.00. The summed E-state index contributed by atoms with van der Waals surface area (Å²) in [5.41, 5.74) is 0.802. The average Bonchev–Trinajstić information content (AvgIpc) is 2.69. The van der Waals surface area contributed by atoms with Gasteiger partial charge in [0.25, 0.3) is 0 Å². The molecule has 1 heterocycles. The van der Waals surface area contributed by atoms with Gasteiger partial charge in [0.2, 0.25) is 0 Å². The summed E-state index contributed by atoms with van der Waals surface area (Å²) in [7, 11) is 3.40. The number of benzene rings is 1. The first-order chi connectivity index (χ1) is 9.30. The average molecular weight is 277 g/mol. The van der Waals surface area contributed by atoms with Crippen molar-refractivity contribution in [3.63, 3.8) is 0 Å². The van der Waals surface area contributed by atoms with Crippen molar-refractivity contribution in [1.82, 2.24) is 9.78 Å². The number of fused-ring (bicyclic) bond motifs is 1.